The minimum absolute atomic E-state index is 0.0397. The second-order valence-corrected chi connectivity index (χ2v) is 13.0. The van der Waals surface area contributed by atoms with Crippen molar-refractivity contribution in [2.45, 2.75) is 39.9 Å². The third-order valence-electron chi connectivity index (χ3n) is 6.00. The van der Waals surface area contributed by atoms with E-state index < -0.39 is 14.3 Å². The van der Waals surface area contributed by atoms with Crippen LogP contribution in [0, 0.1) is 5.41 Å². The Balaban J connectivity index is 1.78. The average Bonchev–Trinajstić information content (AvgIpc) is 3.31. The van der Waals surface area contributed by atoms with E-state index in [-0.39, 0.29) is 4.83 Å². The number of benzene rings is 1. The van der Waals surface area contributed by atoms with Crippen LogP contribution in [0.3, 0.4) is 0 Å². The monoisotopic (exact) mass is 590 g/mol. The predicted molar refractivity (Wildman–Crippen MR) is 124 cm³/mol. The number of rotatable bonds is 4. The van der Waals surface area contributed by atoms with Crippen LogP contribution in [0.1, 0.15) is 31.2 Å². The van der Waals surface area contributed by atoms with Gasteiger partial charge in [0.25, 0.3) is 0 Å². The first-order valence-corrected chi connectivity index (χ1v) is 13.5. The molecule has 28 heavy (non-hydrogen) atoms. The summed E-state index contributed by atoms with van der Waals surface area (Å²) in [6.45, 7) is 0. The normalized spacial score (nSPS) is 29.1. The van der Waals surface area contributed by atoms with Gasteiger partial charge in [-0.15, -0.1) is 0 Å². The van der Waals surface area contributed by atoms with Gasteiger partial charge in [0, 0.05) is 17.8 Å². The molecule has 1 spiro atoms. The number of halogens is 3. The summed E-state index contributed by atoms with van der Waals surface area (Å²) in [5.74, 6) is 0. The van der Waals surface area contributed by atoms with Crippen molar-refractivity contribution in [2.24, 2.45) is 5.41 Å². The molecule has 1 aromatic rings. The third kappa shape index (κ3) is 3.66. The number of hydrogen-bond acceptors (Lipinski definition) is 3. The Morgan fingerprint density at radius 2 is 1.71 bits per heavy atom. The minimum Gasteiger partial charge on any atom is -0.362 e. The van der Waals surface area contributed by atoms with Crippen molar-refractivity contribution in [3.05, 3.63) is 57.6 Å². The first kappa shape index (κ1) is 21.0. The molecule has 3 nitrogen and oxygen atoms in total. The first-order chi connectivity index (χ1) is 13.1. The molecular formula is C21H21Br3O3S. The molecule has 0 N–H and O–H groups in total. The smallest absolute Gasteiger partial charge is 0.175 e. The average molecular weight is 593 g/mol. The van der Waals surface area contributed by atoms with Gasteiger partial charge >= 0.3 is 0 Å². The molecule has 150 valence electrons. The summed E-state index contributed by atoms with van der Waals surface area (Å²) in [6, 6.07) is 7.33. The van der Waals surface area contributed by atoms with E-state index >= 15 is 0 Å². The fourth-order valence-corrected chi connectivity index (χ4v) is 6.68. The molecule has 1 aromatic carbocycles. The van der Waals surface area contributed by atoms with Crippen molar-refractivity contribution in [1.29, 1.82) is 0 Å². The van der Waals surface area contributed by atoms with Gasteiger partial charge in [0.1, 0.15) is 0 Å². The Bertz CT molecular complexity index is 1020. The Morgan fingerprint density at radius 1 is 1.11 bits per heavy atom. The summed E-state index contributed by atoms with van der Waals surface area (Å²) in [5, 5.41) is 0. The van der Waals surface area contributed by atoms with Gasteiger partial charge in [-0.1, -0.05) is 50.1 Å². The Hall–Kier alpha value is -0.210. The number of sulfone groups is 1. The van der Waals surface area contributed by atoms with Gasteiger partial charge in [0.2, 0.25) is 0 Å². The van der Waals surface area contributed by atoms with Crippen molar-refractivity contribution in [1.82, 2.24) is 0 Å². The molecule has 0 bridgehead atoms. The summed E-state index contributed by atoms with van der Waals surface area (Å²) in [4.78, 5) is 0.322. The maximum absolute atomic E-state index is 11.8. The number of alkyl halides is 2. The Morgan fingerprint density at radius 3 is 2.25 bits per heavy atom. The fraction of sp³-hybridized carbons (Fsp3) is 0.429. The molecule has 3 aliphatic rings. The van der Waals surface area contributed by atoms with Gasteiger partial charge in [-0.2, -0.15) is 0 Å². The van der Waals surface area contributed by atoms with E-state index in [1.807, 2.05) is 18.2 Å². The molecule has 4 rings (SSSR count). The number of hydrogen-bond donors (Lipinski definition) is 0. The van der Waals surface area contributed by atoms with Crippen molar-refractivity contribution in [3.8, 4) is 0 Å². The molecule has 1 fully saturated rings. The van der Waals surface area contributed by atoms with Gasteiger partial charge in [-0.05, 0) is 87.5 Å². The topological polar surface area (TPSA) is 43.4 Å². The van der Waals surface area contributed by atoms with Crippen LogP contribution in [0.15, 0.2) is 56.9 Å². The van der Waals surface area contributed by atoms with Crippen molar-refractivity contribution >= 4 is 63.2 Å². The lowest BCUT2D eigenvalue weighted by Crippen LogP contribution is -2.34. The first-order valence-electron chi connectivity index (χ1n) is 9.08. The van der Waals surface area contributed by atoms with Crippen LogP contribution in [0.4, 0.5) is 0 Å². The largest absolute Gasteiger partial charge is 0.362 e. The van der Waals surface area contributed by atoms with E-state index in [0.29, 0.717) is 10.3 Å². The lowest BCUT2D eigenvalue weighted by molar-refractivity contribution is 0.124. The molecule has 0 radical (unpaired) electrons. The molecule has 0 saturated heterocycles. The Labute approximate surface area is 191 Å². The zero-order valence-corrected chi connectivity index (χ0v) is 21.2. The molecule has 2 atom stereocenters. The van der Waals surface area contributed by atoms with Crippen LogP contribution in [-0.2, 0) is 14.6 Å². The van der Waals surface area contributed by atoms with Gasteiger partial charge in [-0.25, -0.2) is 8.42 Å². The van der Waals surface area contributed by atoms with E-state index in [1.165, 1.54) is 35.8 Å². The van der Waals surface area contributed by atoms with Crippen molar-refractivity contribution in [2.75, 3.05) is 13.4 Å². The maximum Gasteiger partial charge on any atom is 0.175 e. The van der Waals surface area contributed by atoms with E-state index in [4.69, 9.17) is 4.74 Å². The highest BCUT2D eigenvalue weighted by atomic mass is 79.9. The lowest BCUT2D eigenvalue weighted by atomic mass is 9.92. The number of ether oxygens (including phenoxy) is 1. The van der Waals surface area contributed by atoms with E-state index in [1.54, 1.807) is 19.2 Å². The van der Waals surface area contributed by atoms with Crippen molar-refractivity contribution in [3.63, 3.8) is 0 Å². The van der Waals surface area contributed by atoms with Gasteiger partial charge < -0.3 is 4.74 Å². The highest BCUT2D eigenvalue weighted by molar-refractivity contribution is 9.15. The molecule has 0 aliphatic heterocycles. The second kappa shape index (κ2) is 7.19. The molecule has 2 unspecified atom stereocenters. The molecular weight excluding hydrogens is 572 g/mol. The summed E-state index contributed by atoms with van der Waals surface area (Å²) in [7, 11) is -1.51. The minimum atomic E-state index is -3.19. The maximum atomic E-state index is 11.8. The fourth-order valence-electron chi connectivity index (χ4n) is 4.08. The van der Waals surface area contributed by atoms with Crippen LogP contribution < -0.4 is 0 Å². The van der Waals surface area contributed by atoms with Crippen LogP contribution in [0.25, 0.3) is 5.57 Å². The van der Waals surface area contributed by atoms with Crippen LogP contribution in [0.5, 0.6) is 0 Å². The van der Waals surface area contributed by atoms with E-state index in [0.717, 1.165) is 22.9 Å². The highest BCUT2D eigenvalue weighted by Crippen LogP contribution is 2.63. The highest BCUT2D eigenvalue weighted by Gasteiger charge is 2.49. The molecule has 1 saturated carbocycles. The summed E-state index contributed by atoms with van der Waals surface area (Å²) >= 11 is 11.2. The third-order valence-corrected chi connectivity index (χ3v) is 11.4. The summed E-state index contributed by atoms with van der Waals surface area (Å²) < 4.78 is 29.7. The molecule has 0 heterocycles. The van der Waals surface area contributed by atoms with Crippen LogP contribution in [0.2, 0.25) is 0 Å². The number of methoxy groups -OCH3 is 1. The zero-order chi connectivity index (χ0) is 20.3. The predicted octanol–water partition coefficient (Wildman–Crippen LogP) is 6.14. The summed E-state index contributed by atoms with van der Waals surface area (Å²) in [6.07, 6.45) is 10.0. The number of allylic oxidation sites excluding steroid dienone is 4. The van der Waals surface area contributed by atoms with Gasteiger partial charge in [0.15, 0.2) is 14.3 Å². The van der Waals surface area contributed by atoms with Gasteiger partial charge in [0.05, 0.1) is 9.72 Å². The van der Waals surface area contributed by atoms with Crippen molar-refractivity contribution < 1.29 is 13.2 Å². The molecule has 0 amide bonds. The quantitative estimate of drug-likeness (QED) is 0.395. The zero-order valence-electron chi connectivity index (χ0n) is 15.6. The second-order valence-electron chi connectivity index (χ2n) is 7.97. The standard InChI is InChI=1S/C21H21Br3O3S/c1-27-21(24)8-7-15(18(22)19(21)23)17-12-20(9-10-20)11-16(17)13-3-5-14(6-4-13)28(2,25)26/h3-8,19H,9-12H2,1-2H3. The van der Waals surface area contributed by atoms with Gasteiger partial charge in [-0.3, -0.25) is 0 Å². The molecule has 3 aliphatic carbocycles. The van der Waals surface area contributed by atoms with E-state index in [9.17, 15) is 8.42 Å². The molecule has 7 heteroatoms. The SMILES string of the molecule is COC1(Br)C=CC(C2=C(c3ccc(S(C)(=O)=O)cc3)CC3(CC3)C2)=C(Br)C1Br. The van der Waals surface area contributed by atoms with Crippen LogP contribution in [-0.4, -0.2) is 31.1 Å². The lowest BCUT2D eigenvalue weighted by Gasteiger charge is -2.32. The molecule has 0 aromatic heterocycles. The van der Waals surface area contributed by atoms with E-state index in [2.05, 4.69) is 53.9 Å². The summed E-state index contributed by atoms with van der Waals surface area (Å²) in [5.41, 5.74) is 5.37. The van der Waals surface area contributed by atoms with Crippen LogP contribution >= 0.6 is 47.8 Å². The Kier molecular flexibility index (Phi) is 5.40.